The Balaban J connectivity index is 0.000000235. The number of epoxide rings is 1. The molecule has 0 amide bonds. The zero-order valence-corrected chi connectivity index (χ0v) is 58.7. The zero-order chi connectivity index (χ0) is 63.1. The first-order valence-electron chi connectivity index (χ1n) is 39.3. The van der Waals surface area contributed by atoms with E-state index in [1.54, 1.807) is 0 Å². The number of fused-ring (bicyclic) bond motifs is 5. The van der Waals surface area contributed by atoms with E-state index in [4.69, 9.17) is 14.2 Å². The van der Waals surface area contributed by atoms with E-state index in [1.807, 2.05) is 0 Å². The third kappa shape index (κ3) is 40.0. The molecule has 5 aliphatic heterocycles. The van der Waals surface area contributed by atoms with Gasteiger partial charge in [0.2, 0.25) is 0 Å². The number of ketones is 2. The lowest BCUT2D eigenvalue weighted by Crippen LogP contribution is -2.30. The number of rotatable bonds is 0. The molecule has 3 aliphatic carbocycles. The van der Waals surface area contributed by atoms with E-state index in [0.29, 0.717) is 65.6 Å². The highest BCUT2D eigenvalue weighted by Gasteiger charge is 2.42. The van der Waals surface area contributed by atoms with E-state index < -0.39 is 0 Å². The number of ether oxygens (including phenoxy) is 3. The van der Waals surface area contributed by atoms with Crippen LogP contribution >= 0.6 is 0 Å². The van der Waals surface area contributed by atoms with Gasteiger partial charge in [-0.25, -0.2) is 0 Å². The maximum absolute atomic E-state index is 12.1. The molecule has 8 nitrogen and oxygen atoms in total. The van der Waals surface area contributed by atoms with Crippen molar-refractivity contribution in [2.45, 2.75) is 443 Å². The molecule has 88 heavy (non-hydrogen) atoms. The van der Waals surface area contributed by atoms with Gasteiger partial charge in [0.05, 0.1) is 48.8 Å². The van der Waals surface area contributed by atoms with Gasteiger partial charge >= 0.3 is 0 Å². The summed E-state index contributed by atoms with van der Waals surface area (Å²) in [6, 6.07) is 0. The Hall–Kier alpha value is -1.42. The predicted octanol–water partition coefficient (Wildman–Crippen LogP) is 22.3. The van der Waals surface area contributed by atoms with Crippen LogP contribution in [0.5, 0.6) is 0 Å². The molecule has 4 bridgehead atoms. The summed E-state index contributed by atoms with van der Waals surface area (Å²) in [4.78, 5) is 23.8. The highest BCUT2D eigenvalue weighted by atomic mass is 16.6. The molecular weight excluding hydrogens is 1090 g/mol. The van der Waals surface area contributed by atoms with Crippen molar-refractivity contribution >= 4 is 11.6 Å². The van der Waals surface area contributed by atoms with Crippen molar-refractivity contribution in [2.24, 2.45) is 29.6 Å². The van der Waals surface area contributed by atoms with Crippen molar-refractivity contribution in [3.05, 3.63) is 24.3 Å². The van der Waals surface area contributed by atoms with Crippen molar-refractivity contribution < 1.29 is 39.1 Å². The Morgan fingerprint density at radius 1 is 0.341 bits per heavy atom. The summed E-state index contributed by atoms with van der Waals surface area (Å²) in [6.45, 7) is 11.0. The zero-order valence-electron chi connectivity index (χ0n) is 58.7. The molecule has 0 aromatic rings. The Labute approximate surface area is 544 Å². The number of aliphatic hydroxyl groups is 3. The molecule has 5 heterocycles. The first-order valence-corrected chi connectivity index (χ1v) is 39.3. The molecule has 0 aromatic carbocycles. The van der Waals surface area contributed by atoms with Crippen molar-refractivity contribution in [1.29, 1.82) is 0 Å². The summed E-state index contributed by atoms with van der Waals surface area (Å²) in [6.07, 6.45) is 78.8. The second-order valence-electron chi connectivity index (χ2n) is 30.3. The minimum atomic E-state index is -0.229. The number of carbonyl (C=O) groups is 2. The molecule has 5 saturated heterocycles. The smallest absolute Gasteiger partial charge is 0.161 e. The average molecular weight is 1240 g/mol. The van der Waals surface area contributed by atoms with Gasteiger partial charge in [0.25, 0.3) is 0 Å². The van der Waals surface area contributed by atoms with E-state index in [2.05, 4.69) is 58.9 Å². The predicted molar refractivity (Wildman–Crippen MR) is 372 cm³/mol. The highest BCUT2D eigenvalue weighted by Crippen LogP contribution is 2.37. The quantitative estimate of drug-likeness (QED) is 0.162. The van der Waals surface area contributed by atoms with Crippen LogP contribution in [0.15, 0.2) is 24.3 Å². The maximum Gasteiger partial charge on any atom is 0.161 e. The van der Waals surface area contributed by atoms with Gasteiger partial charge in [-0.15, -0.1) is 0 Å². The molecule has 8 heteroatoms. The van der Waals surface area contributed by atoms with Crippen LogP contribution < -0.4 is 0 Å². The van der Waals surface area contributed by atoms with Crippen molar-refractivity contribution in [3.8, 4) is 0 Å². The van der Waals surface area contributed by atoms with Crippen LogP contribution in [0.2, 0.25) is 0 Å². The van der Waals surface area contributed by atoms with Crippen LogP contribution in [0.3, 0.4) is 0 Å². The lowest BCUT2D eigenvalue weighted by molar-refractivity contribution is -0.131. The number of Topliss-reactive ketones (excluding diaryl/α,β-unsaturated/α-hetero) is 2. The lowest BCUT2D eigenvalue weighted by Gasteiger charge is -2.22. The topological polar surface area (TPSA) is 126 Å². The summed E-state index contributed by atoms with van der Waals surface area (Å²) >= 11 is 0. The molecule has 8 aliphatic rings. The molecule has 0 radical (unpaired) electrons. The lowest BCUT2D eigenvalue weighted by atomic mass is 9.94. The van der Waals surface area contributed by atoms with Gasteiger partial charge in [0.1, 0.15) is 11.9 Å². The number of hydrogen-bond acceptors (Lipinski definition) is 8. The molecule has 8 rings (SSSR count). The van der Waals surface area contributed by atoms with Crippen molar-refractivity contribution in [3.63, 3.8) is 0 Å². The Morgan fingerprint density at radius 3 is 1.23 bits per heavy atom. The molecular formula is C80H146O8. The van der Waals surface area contributed by atoms with Gasteiger partial charge in [0.15, 0.2) is 5.78 Å². The number of hydrogen-bond donors (Lipinski definition) is 3. The van der Waals surface area contributed by atoms with E-state index in [1.165, 1.54) is 270 Å². The summed E-state index contributed by atoms with van der Waals surface area (Å²) < 4.78 is 17.8. The Morgan fingerprint density at radius 2 is 0.716 bits per heavy atom. The van der Waals surface area contributed by atoms with Gasteiger partial charge in [-0.2, -0.15) is 0 Å². The van der Waals surface area contributed by atoms with Gasteiger partial charge < -0.3 is 29.5 Å². The third-order valence-electron chi connectivity index (χ3n) is 21.2. The Bertz CT molecular complexity index is 1710. The largest absolute Gasteiger partial charge is 0.393 e. The Kier molecular flexibility index (Phi) is 46.6. The van der Waals surface area contributed by atoms with Crippen LogP contribution in [0.25, 0.3) is 0 Å². The summed E-state index contributed by atoms with van der Waals surface area (Å²) in [7, 11) is 0. The van der Waals surface area contributed by atoms with Crippen LogP contribution in [0.4, 0.5) is 0 Å². The summed E-state index contributed by atoms with van der Waals surface area (Å²) in [5.41, 5.74) is 0. The maximum atomic E-state index is 12.1. The van der Waals surface area contributed by atoms with Gasteiger partial charge in [0, 0.05) is 19.3 Å². The fraction of sp³-hybridized carbons (Fsp3) is 0.925. The van der Waals surface area contributed by atoms with Crippen LogP contribution in [-0.4, -0.2) is 81.8 Å². The van der Waals surface area contributed by atoms with Gasteiger partial charge in [-0.3, -0.25) is 9.59 Å². The molecule has 514 valence electrons. The van der Waals surface area contributed by atoms with E-state index in [0.717, 1.165) is 83.5 Å². The molecule has 14 atom stereocenters. The monoisotopic (exact) mass is 1240 g/mol. The number of carbonyl (C=O) groups excluding carboxylic acids is 2. The van der Waals surface area contributed by atoms with Gasteiger partial charge in [-0.1, -0.05) is 290 Å². The molecule has 1 saturated carbocycles. The first-order chi connectivity index (χ1) is 42.9. The normalized spacial score (nSPS) is 34.9. The number of allylic oxidation sites excluding steroid dienone is 4. The number of aliphatic hydroxyl groups excluding tert-OH is 3. The second-order valence-corrected chi connectivity index (χ2v) is 30.3. The first kappa shape index (κ1) is 79.0. The standard InChI is InChI=1S/C16H30O2.C16H28O2.C16H30O2.C16H30O.C16H28O/c2*1-13-12-14-10-8-6-4-2-3-5-7-9-11-15(17)16(13)18-14;1-13-12-14(17)10-8-6-4-2-3-5-7-9-11-15-16(13)18-15;2*1-15-12-10-8-6-4-2-3-5-7-9-11-13-16(17)14-15/h13-17H,2-12H2,1H3;13-14,16H,2-12H2,1H3;13-17H,2-12H2,1H3;10,12,15-17H,2-9,11,13-14H2,1H3;10,12,15H,2-9,11,13-14H2,1H3. The van der Waals surface area contributed by atoms with Gasteiger partial charge in [-0.05, 0) is 132 Å². The average Bonchev–Trinajstić information content (AvgIpc) is 4.22. The highest BCUT2D eigenvalue weighted by molar-refractivity contribution is 5.83. The van der Waals surface area contributed by atoms with Crippen LogP contribution in [0.1, 0.15) is 388 Å². The van der Waals surface area contributed by atoms with Crippen LogP contribution in [-0.2, 0) is 23.8 Å². The third-order valence-corrected chi connectivity index (χ3v) is 21.2. The molecule has 6 fully saturated rings. The SMILES string of the molecule is CC1C=CCCCCCCCCCCC(=O)C1.CC1C=CCCCCCCCCCCC(O)C1.CC1CC(O)CCCCCCCCCCC2OC12.CC1CC2CCCCCCCCCCC(=O)C1O2.CC1CC2CCCCCCCCCCC(O)C1O2. The van der Waals surface area contributed by atoms with Crippen molar-refractivity contribution in [1.82, 2.24) is 0 Å². The summed E-state index contributed by atoms with van der Waals surface area (Å²) in [5.74, 6) is 3.31. The fourth-order valence-electron chi connectivity index (χ4n) is 15.5. The second kappa shape index (κ2) is 51.9. The van der Waals surface area contributed by atoms with Crippen LogP contribution in [0, 0.1) is 29.6 Å². The van der Waals surface area contributed by atoms with E-state index in [-0.39, 0.29) is 30.5 Å². The minimum absolute atomic E-state index is 0.0835. The fourth-order valence-corrected chi connectivity index (χ4v) is 15.5. The van der Waals surface area contributed by atoms with E-state index >= 15 is 0 Å². The molecule has 0 spiro atoms. The van der Waals surface area contributed by atoms with E-state index in [9.17, 15) is 24.9 Å². The molecule has 3 N–H and O–H groups in total. The molecule has 14 unspecified atom stereocenters. The van der Waals surface area contributed by atoms with Crippen molar-refractivity contribution in [2.75, 3.05) is 0 Å². The summed E-state index contributed by atoms with van der Waals surface area (Å²) in [5, 5.41) is 30.2. The molecule has 0 aromatic heterocycles. The minimum Gasteiger partial charge on any atom is -0.393 e.